The van der Waals surface area contributed by atoms with Crippen LogP contribution in [-0.2, 0) is 9.47 Å². The number of halogens is 2. The number of imidazole rings is 1. The maximum atomic E-state index is 13.3. The Balaban J connectivity index is 1.84. The Morgan fingerprint density at radius 2 is 2.19 bits per heavy atom. The Bertz CT molecular complexity index is 892. The molecule has 1 amide bonds. The molecule has 136 valence electrons. The van der Waals surface area contributed by atoms with E-state index in [1.54, 1.807) is 0 Å². The van der Waals surface area contributed by atoms with Crippen LogP contribution in [0.25, 0.3) is 12.2 Å². The van der Waals surface area contributed by atoms with E-state index in [0.717, 1.165) is 6.26 Å². The van der Waals surface area contributed by atoms with Gasteiger partial charge in [0.25, 0.3) is 5.91 Å². The molecule has 0 bridgehead atoms. The average molecular weight is 364 g/mol. The molecule has 0 radical (unpaired) electrons. The molecule has 8 nitrogen and oxygen atoms in total. The highest BCUT2D eigenvalue weighted by Gasteiger charge is 2.34. The van der Waals surface area contributed by atoms with Crippen molar-refractivity contribution in [3.05, 3.63) is 47.4 Å². The van der Waals surface area contributed by atoms with Crippen molar-refractivity contribution in [3.63, 3.8) is 0 Å². The van der Waals surface area contributed by atoms with Crippen LogP contribution in [0.15, 0.2) is 30.5 Å². The Morgan fingerprint density at radius 1 is 1.38 bits per heavy atom. The summed E-state index contributed by atoms with van der Waals surface area (Å²) in [5, 5.41) is 2.56. The molecule has 0 saturated carbocycles. The maximum Gasteiger partial charge on any atom is 0.585 e. The minimum absolute atomic E-state index is 0.0986. The van der Waals surface area contributed by atoms with Gasteiger partial charge in [-0.2, -0.15) is 0 Å². The van der Waals surface area contributed by atoms with Crippen molar-refractivity contribution in [1.29, 1.82) is 0 Å². The third-order valence-corrected chi connectivity index (χ3v) is 3.26. The lowest BCUT2D eigenvalue weighted by atomic mass is 10.2. The van der Waals surface area contributed by atoms with Gasteiger partial charge in [0.15, 0.2) is 0 Å². The first-order valence-corrected chi connectivity index (χ1v) is 7.36. The molecule has 10 heteroatoms. The molecular weight excluding hydrogens is 350 g/mol. The van der Waals surface area contributed by atoms with Crippen LogP contribution in [0.2, 0.25) is 0 Å². The minimum atomic E-state index is -3.78. The number of alkyl halides is 2. The molecule has 3 rings (SSSR count). The maximum absolute atomic E-state index is 13.3. The monoisotopic (exact) mass is 364 g/mol. The smallest absolute Gasteiger partial charge is 0.495 e. The van der Waals surface area contributed by atoms with Crippen molar-refractivity contribution in [3.8, 4) is 5.75 Å². The van der Waals surface area contributed by atoms with Crippen molar-refractivity contribution in [2.24, 2.45) is 0 Å². The zero-order chi connectivity index (χ0) is 18.7. The molecule has 3 heterocycles. The van der Waals surface area contributed by atoms with Crippen molar-refractivity contribution in [2.75, 3.05) is 12.4 Å². The van der Waals surface area contributed by atoms with Crippen LogP contribution < -0.4 is 10.1 Å². The molecule has 2 aromatic heterocycles. The third-order valence-electron chi connectivity index (χ3n) is 3.26. The van der Waals surface area contributed by atoms with Gasteiger partial charge >= 0.3 is 6.29 Å². The lowest BCUT2D eigenvalue weighted by Gasteiger charge is -2.15. The summed E-state index contributed by atoms with van der Waals surface area (Å²) < 4.78 is 40.2. The average Bonchev–Trinajstić information content (AvgIpc) is 2.95. The van der Waals surface area contributed by atoms with Gasteiger partial charge in [-0.25, -0.2) is 4.98 Å². The number of pyridine rings is 1. The van der Waals surface area contributed by atoms with Crippen LogP contribution in [0.5, 0.6) is 5.75 Å². The number of rotatable bonds is 3. The molecule has 0 unspecified atom stereocenters. The van der Waals surface area contributed by atoms with Crippen LogP contribution in [0.4, 0.5) is 14.7 Å². The fraction of sp³-hybridized carbons (Fsp3) is 0.188. The second-order valence-electron chi connectivity index (χ2n) is 5.19. The largest absolute Gasteiger partial charge is 0.585 e. The normalized spacial score (nSPS) is 18.5. The SMILES string of the molecule is COc1cncc(C(=O)Nc2nc3c([nH]2)/C=C(\C)OC(F)(F)O/C=C/3)c1. The Hall–Kier alpha value is -3.43. The van der Waals surface area contributed by atoms with Gasteiger partial charge in [0, 0.05) is 18.3 Å². The van der Waals surface area contributed by atoms with Crippen molar-refractivity contribution in [1.82, 2.24) is 15.0 Å². The van der Waals surface area contributed by atoms with E-state index in [-0.39, 0.29) is 23.0 Å². The third kappa shape index (κ3) is 3.97. The van der Waals surface area contributed by atoms with Crippen LogP contribution in [0.3, 0.4) is 0 Å². The van der Waals surface area contributed by atoms with Crippen LogP contribution in [0.1, 0.15) is 28.7 Å². The summed E-state index contributed by atoms with van der Waals surface area (Å²) in [5.41, 5.74) is 0.905. The Labute approximate surface area is 146 Å². The predicted molar refractivity (Wildman–Crippen MR) is 87.1 cm³/mol. The molecule has 2 aromatic rings. The number of ether oxygens (including phenoxy) is 3. The number of carbonyl (C=O) groups excluding carboxylic acids is 1. The lowest BCUT2D eigenvalue weighted by molar-refractivity contribution is -0.355. The fourth-order valence-corrected chi connectivity index (χ4v) is 2.15. The van der Waals surface area contributed by atoms with Crippen LogP contribution >= 0.6 is 0 Å². The van der Waals surface area contributed by atoms with Gasteiger partial charge in [0.1, 0.15) is 11.5 Å². The molecule has 0 saturated heterocycles. The van der Waals surface area contributed by atoms with Crippen LogP contribution in [-0.4, -0.2) is 34.3 Å². The van der Waals surface area contributed by atoms with E-state index in [1.807, 2.05) is 0 Å². The molecule has 0 fully saturated rings. The van der Waals surface area contributed by atoms with Gasteiger partial charge < -0.3 is 19.2 Å². The predicted octanol–water partition coefficient (Wildman–Crippen LogP) is 2.99. The molecule has 0 spiro atoms. The van der Waals surface area contributed by atoms with E-state index < -0.39 is 12.2 Å². The summed E-state index contributed by atoms with van der Waals surface area (Å²) in [4.78, 5) is 23.1. The number of carbonyl (C=O) groups is 1. The number of nitrogens with zero attached hydrogens (tertiary/aromatic N) is 2. The highest BCUT2D eigenvalue weighted by molar-refractivity contribution is 6.03. The molecule has 1 aliphatic rings. The molecular formula is C16H14F2N4O4. The second-order valence-corrected chi connectivity index (χ2v) is 5.19. The zero-order valence-electron chi connectivity index (χ0n) is 13.7. The number of hydrogen-bond donors (Lipinski definition) is 2. The number of aromatic nitrogens is 3. The number of allylic oxidation sites excluding steroid dienone is 1. The molecule has 0 aromatic carbocycles. The summed E-state index contributed by atoms with van der Waals surface area (Å²) in [6, 6.07) is 1.51. The number of H-pyrrole nitrogens is 1. The van der Waals surface area contributed by atoms with Gasteiger partial charge in [-0.15, -0.1) is 8.78 Å². The van der Waals surface area contributed by atoms with E-state index >= 15 is 0 Å². The molecule has 26 heavy (non-hydrogen) atoms. The van der Waals surface area contributed by atoms with Crippen LogP contribution in [0, 0.1) is 0 Å². The quantitative estimate of drug-likeness (QED) is 0.869. The summed E-state index contributed by atoms with van der Waals surface area (Å²) in [6.45, 7) is 1.34. The van der Waals surface area contributed by atoms with Gasteiger partial charge in [-0.05, 0) is 13.0 Å². The minimum Gasteiger partial charge on any atom is -0.495 e. The summed E-state index contributed by atoms with van der Waals surface area (Å²) in [5.74, 6) is -0.0290. The van der Waals surface area contributed by atoms with E-state index in [4.69, 9.17) is 4.74 Å². The topological polar surface area (TPSA) is 98.4 Å². The highest BCUT2D eigenvalue weighted by Crippen LogP contribution is 2.26. The highest BCUT2D eigenvalue weighted by atomic mass is 19.3. The molecule has 0 aliphatic carbocycles. The number of amides is 1. The van der Waals surface area contributed by atoms with Crippen molar-refractivity contribution < 1.29 is 27.8 Å². The number of aromatic amines is 1. The first-order valence-electron chi connectivity index (χ1n) is 7.36. The van der Waals surface area contributed by atoms with Crippen molar-refractivity contribution >= 4 is 24.0 Å². The van der Waals surface area contributed by atoms with Gasteiger partial charge in [-0.3, -0.25) is 15.1 Å². The number of methoxy groups -OCH3 is 1. The Morgan fingerprint density at radius 3 is 2.96 bits per heavy atom. The molecule has 0 atom stereocenters. The summed E-state index contributed by atoms with van der Waals surface area (Å²) >= 11 is 0. The number of hydrogen-bond acceptors (Lipinski definition) is 6. The lowest BCUT2D eigenvalue weighted by Crippen LogP contribution is -2.21. The first-order chi connectivity index (χ1) is 12.4. The van der Waals surface area contributed by atoms with E-state index in [1.165, 1.54) is 44.6 Å². The van der Waals surface area contributed by atoms with Gasteiger partial charge in [0.2, 0.25) is 5.95 Å². The van der Waals surface area contributed by atoms with Gasteiger partial charge in [0.05, 0.1) is 36.5 Å². The summed E-state index contributed by atoms with van der Waals surface area (Å²) in [6.07, 6.45) is 2.36. The number of fused-ring (bicyclic) bond motifs is 1. The second kappa shape index (κ2) is 6.82. The zero-order valence-corrected chi connectivity index (χ0v) is 13.7. The number of anilines is 1. The number of nitrogens with one attached hydrogen (secondary N) is 2. The van der Waals surface area contributed by atoms with E-state index in [9.17, 15) is 13.6 Å². The fourth-order valence-electron chi connectivity index (χ4n) is 2.15. The standard InChI is InChI=1S/C16H14F2N4O4/c1-9-5-13-12(3-4-25-16(17,18)26-9)20-15(21-13)22-14(23)10-6-11(24-2)8-19-7-10/h3-8H,1-2H3,(H2,20,21,22,23)/b4-3+,9-5+. The van der Waals surface area contributed by atoms with E-state index in [0.29, 0.717) is 11.4 Å². The Kier molecular flexibility index (Phi) is 4.57. The molecule has 1 aliphatic heterocycles. The van der Waals surface area contributed by atoms with E-state index in [2.05, 4.69) is 29.7 Å². The molecule has 2 N–H and O–H groups in total. The van der Waals surface area contributed by atoms with Crippen molar-refractivity contribution in [2.45, 2.75) is 13.2 Å². The summed E-state index contributed by atoms with van der Waals surface area (Å²) in [7, 11) is 1.46. The van der Waals surface area contributed by atoms with Gasteiger partial charge in [-0.1, -0.05) is 0 Å². The first kappa shape index (κ1) is 17.4.